The fourth-order valence-electron chi connectivity index (χ4n) is 2.52. The van der Waals surface area contributed by atoms with Gasteiger partial charge in [0.1, 0.15) is 22.2 Å². The number of benzene rings is 1. The summed E-state index contributed by atoms with van der Waals surface area (Å²) >= 11 is 1.18. The first-order chi connectivity index (χ1) is 11.7. The van der Waals surface area contributed by atoms with Gasteiger partial charge >= 0.3 is 0 Å². The van der Waals surface area contributed by atoms with Crippen molar-refractivity contribution in [1.82, 2.24) is 23.9 Å². The van der Waals surface area contributed by atoms with Gasteiger partial charge in [-0.1, -0.05) is 30.3 Å². The van der Waals surface area contributed by atoms with Crippen molar-refractivity contribution in [3.8, 4) is 11.3 Å². The molecule has 0 aliphatic carbocycles. The minimum atomic E-state index is -0.101. The molecule has 1 aromatic carbocycles. The van der Waals surface area contributed by atoms with E-state index < -0.39 is 0 Å². The van der Waals surface area contributed by atoms with Gasteiger partial charge in [0.2, 0.25) is 0 Å². The highest BCUT2D eigenvalue weighted by molar-refractivity contribution is 7.13. The van der Waals surface area contributed by atoms with Crippen LogP contribution in [-0.4, -0.2) is 23.9 Å². The summed E-state index contributed by atoms with van der Waals surface area (Å²) in [5.41, 5.74) is 3.89. The minimum absolute atomic E-state index is 0.101. The maximum atomic E-state index is 12.7. The van der Waals surface area contributed by atoms with Crippen LogP contribution in [0.5, 0.6) is 0 Å². The molecule has 0 atom stereocenters. The Balaban J connectivity index is 1.78. The topological polar surface area (TPSA) is 73.6 Å². The molecule has 4 rings (SSSR count). The van der Waals surface area contributed by atoms with Gasteiger partial charge < -0.3 is 0 Å². The lowest BCUT2D eigenvalue weighted by Gasteiger charge is -2.05. The Morgan fingerprint density at radius 2 is 1.96 bits per heavy atom. The second kappa shape index (κ2) is 5.93. The second-order valence-electron chi connectivity index (χ2n) is 5.40. The van der Waals surface area contributed by atoms with Gasteiger partial charge in [0.25, 0.3) is 5.56 Å². The Labute approximate surface area is 141 Å². The average Bonchev–Trinajstić information content (AvgIpc) is 3.03. The molecule has 0 bridgehead atoms. The van der Waals surface area contributed by atoms with Crippen LogP contribution >= 0.6 is 11.5 Å². The van der Waals surface area contributed by atoms with Gasteiger partial charge in [-0.3, -0.25) is 9.36 Å². The SMILES string of the molecule is Cc1cc(Cn2cnc3c(-c4ccccc4)nsc3c2=O)ncn1. The summed E-state index contributed by atoms with van der Waals surface area (Å²) in [7, 11) is 0. The van der Waals surface area contributed by atoms with Gasteiger partial charge in [-0.25, -0.2) is 15.0 Å². The lowest BCUT2D eigenvalue weighted by atomic mass is 10.1. The molecule has 4 aromatic rings. The van der Waals surface area contributed by atoms with Crippen molar-refractivity contribution < 1.29 is 0 Å². The van der Waals surface area contributed by atoms with Crippen LogP contribution in [0.2, 0.25) is 0 Å². The van der Waals surface area contributed by atoms with Crippen molar-refractivity contribution in [2.24, 2.45) is 0 Å². The summed E-state index contributed by atoms with van der Waals surface area (Å²) in [5.74, 6) is 0. The standard InChI is InChI=1S/C17H13N5OS/c1-11-7-13(19-9-18-11)8-22-10-20-15-14(12-5-3-2-4-6-12)21-24-16(15)17(22)23/h2-7,9-10H,8H2,1H3. The molecule has 0 fully saturated rings. The molecule has 0 amide bonds. The molecule has 0 unspecified atom stereocenters. The molecular formula is C17H13N5OS. The van der Waals surface area contributed by atoms with Crippen LogP contribution in [0.4, 0.5) is 0 Å². The Hall–Kier alpha value is -2.93. The van der Waals surface area contributed by atoms with Crippen molar-refractivity contribution in [2.45, 2.75) is 13.5 Å². The van der Waals surface area contributed by atoms with Crippen LogP contribution in [0, 0.1) is 6.92 Å². The van der Waals surface area contributed by atoms with Gasteiger partial charge in [0, 0.05) is 11.3 Å². The summed E-state index contributed by atoms with van der Waals surface area (Å²) in [6, 6.07) is 11.6. The molecule has 0 saturated carbocycles. The third kappa shape index (κ3) is 2.59. The molecule has 0 radical (unpaired) electrons. The van der Waals surface area contributed by atoms with E-state index >= 15 is 0 Å². The van der Waals surface area contributed by atoms with Crippen molar-refractivity contribution in [1.29, 1.82) is 0 Å². The molecule has 118 valence electrons. The normalized spacial score (nSPS) is 11.0. The van der Waals surface area contributed by atoms with Crippen LogP contribution in [0.1, 0.15) is 11.4 Å². The van der Waals surface area contributed by atoms with Gasteiger partial charge in [0.05, 0.1) is 18.6 Å². The Morgan fingerprint density at radius 1 is 1.12 bits per heavy atom. The zero-order valence-corrected chi connectivity index (χ0v) is 13.7. The summed E-state index contributed by atoms with van der Waals surface area (Å²) in [4.78, 5) is 25.4. The lowest BCUT2D eigenvalue weighted by molar-refractivity contribution is 0.726. The fraction of sp³-hybridized carbons (Fsp3) is 0.118. The first kappa shape index (κ1) is 14.6. The number of hydrogen-bond acceptors (Lipinski definition) is 6. The van der Waals surface area contributed by atoms with E-state index in [1.807, 2.05) is 43.3 Å². The average molecular weight is 335 g/mol. The molecule has 24 heavy (non-hydrogen) atoms. The molecular weight excluding hydrogens is 322 g/mol. The quantitative estimate of drug-likeness (QED) is 0.575. The van der Waals surface area contributed by atoms with Crippen molar-refractivity contribution in [3.63, 3.8) is 0 Å². The summed E-state index contributed by atoms with van der Waals surface area (Å²) < 4.78 is 6.54. The fourth-order valence-corrected chi connectivity index (χ4v) is 3.33. The molecule has 0 aliphatic heterocycles. The largest absolute Gasteiger partial charge is 0.292 e. The van der Waals surface area contributed by atoms with Gasteiger partial charge in [-0.05, 0) is 24.5 Å². The molecule has 3 heterocycles. The number of hydrogen-bond donors (Lipinski definition) is 0. The number of rotatable bonds is 3. The third-order valence-electron chi connectivity index (χ3n) is 3.69. The van der Waals surface area contributed by atoms with Gasteiger partial charge in [-0.15, -0.1) is 0 Å². The number of aryl methyl sites for hydroxylation is 1. The van der Waals surface area contributed by atoms with Gasteiger partial charge in [0.15, 0.2) is 0 Å². The highest BCUT2D eigenvalue weighted by atomic mass is 32.1. The Bertz CT molecular complexity index is 1070. The third-order valence-corrected chi connectivity index (χ3v) is 4.51. The van der Waals surface area contributed by atoms with E-state index in [0.717, 1.165) is 22.6 Å². The number of fused-ring (bicyclic) bond motifs is 1. The van der Waals surface area contributed by atoms with E-state index in [2.05, 4.69) is 19.3 Å². The first-order valence-corrected chi connectivity index (χ1v) is 8.17. The molecule has 7 heteroatoms. The lowest BCUT2D eigenvalue weighted by Crippen LogP contribution is -2.20. The van der Waals surface area contributed by atoms with Crippen molar-refractivity contribution in [2.75, 3.05) is 0 Å². The van der Waals surface area contributed by atoms with Crippen molar-refractivity contribution >= 4 is 21.7 Å². The monoisotopic (exact) mass is 335 g/mol. The van der Waals surface area contributed by atoms with Crippen LogP contribution in [0.15, 0.2) is 53.8 Å². The van der Waals surface area contributed by atoms with Crippen molar-refractivity contribution in [3.05, 3.63) is 70.8 Å². The summed E-state index contributed by atoms with van der Waals surface area (Å²) in [6.07, 6.45) is 3.06. The van der Waals surface area contributed by atoms with Crippen LogP contribution in [0.3, 0.4) is 0 Å². The van der Waals surface area contributed by atoms with Crippen LogP contribution in [0.25, 0.3) is 21.5 Å². The first-order valence-electron chi connectivity index (χ1n) is 7.40. The second-order valence-corrected chi connectivity index (χ2v) is 6.18. The highest BCUT2D eigenvalue weighted by Gasteiger charge is 2.14. The zero-order valence-electron chi connectivity index (χ0n) is 12.9. The van der Waals surface area contributed by atoms with Crippen LogP contribution < -0.4 is 5.56 Å². The van der Waals surface area contributed by atoms with Crippen LogP contribution in [-0.2, 0) is 6.54 Å². The molecule has 0 spiro atoms. The highest BCUT2D eigenvalue weighted by Crippen LogP contribution is 2.26. The summed E-state index contributed by atoms with van der Waals surface area (Å²) in [6.45, 7) is 2.26. The molecule has 0 aliphatic rings. The molecule has 0 N–H and O–H groups in total. The Kier molecular flexibility index (Phi) is 3.62. The van der Waals surface area contributed by atoms with Gasteiger partial charge in [-0.2, -0.15) is 4.37 Å². The molecule has 0 saturated heterocycles. The van der Waals surface area contributed by atoms with E-state index in [1.54, 1.807) is 10.9 Å². The predicted octanol–water partition coefficient (Wildman–Crippen LogP) is 2.67. The van der Waals surface area contributed by atoms with E-state index in [-0.39, 0.29) is 5.56 Å². The van der Waals surface area contributed by atoms with E-state index in [1.165, 1.54) is 17.9 Å². The van der Waals surface area contributed by atoms with E-state index in [0.29, 0.717) is 16.8 Å². The molecule has 3 aromatic heterocycles. The maximum Gasteiger partial charge on any atom is 0.273 e. The van der Waals surface area contributed by atoms with E-state index in [4.69, 9.17) is 0 Å². The number of aromatic nitrogens is 5. The predicted molar refractivity (Wildman–Crippen MR) is 93.0 cm³/mol. The minimum Gasteiger partial charge on any atom is -0.292 e. The van der Waals surface area contributed by atoms with E-state index in [9.17, 15) is 4.79 Å². The maximum absolute atomic E-state index is 12.7. The smallest absolute Gasteiger partial charge is 0.273 e. The summed E-state index contributed by atoms with van der Waals surface area (Å²) in [5, 5.41) is 0. The zero-order chi connectivity index (χ0) is 16.5. The number of nitrogens with zero attached hydrogens (tertiary/aromatic N) is 5. The molecule has 6 nitrogen and oxygen atoms in total. The Morgan fingerprint density at radius 3 is 2.75 bits per heavy atom.